The van der Waals surface area contributed by atoms with Gasteiger partial charge < -0.3 is 15.4 Å². The predicted octanol–water partition coefficient (Wildman–Crippen LogP) is 2.45. The first-order valence-corrected chi connectivity index (χ1v) is 9.56. The number of rotatable bonds is 6. The Kier molecular flexibility index (Phi) is 6.85. The van der Waals surface area contributed by atoms with Crippen LogP contribution in [0.4, 0.5) is 0 Å². The van der Waals surface area contributed by atoms with Gasteiger partial charge in [0.2, 0.25) is 0 Å². The predicted molar refractivity (Wildman–Crippen MR) is 104 cm³/mol. The Labute approximate surface area is 153 Å². The van der Waals surface area contributed by atoms with Crippen molar-refractivity contribution in [2.24, 2.45) is 4.99 Å². The monoisotopic (exact) mass is 358 g/mol. The zero-order chi connectivity index (χ0) is 17.3. The van der Waals surface area contributed by atoms with Crippen molar-refractivity contribution in [2.45, 2.75) is 19.6 Å². The lowest BCUT2D eigenvalue weighted by Crippen LogP contribution is -2.36. The summed E-state index contributed by atoms with van der Waals surface area (Å²) in [6.07, 6.45) is 0. The van der Waals surface area contributed by atoms with E-state index in [1.165, 1.54) is 16.0 Å². The highest BCUT2D eigenvalue weighted by Gasteiger charge is 2.10. The Bertz CT molecular complexity index is 666. The third kappa shape index (κ3) is 5.85. The number of thiophene rings is 1. The van der Waals surface area contributed by atoms with Crippen LogP contribution >= 0.6 is 11.3 Å². The van der Waals surface area contributed by atoms with Crippen molar-refractivity contribution < 1.29 is 4.74 Å². The number of aliphatic imine (C=N–C) groups is 1. The summed E-state index contributed by atoms with van der Waals surface area (Å²) in [7, 11) is 1.80. The van der Waals surface area contributed by atoms with Gasteiger partial charge in [0.15, 0.2) is 5.96 Å². The second kappa shape index (κ2) is 9.56. The molecule has 2 N–H and O–H groups in total. The largest absolute Gasteiger partial charge is 0.379 e. The number of nitrogens with one attached hydrogen (secondary N) is 2. The molecule has 2 heterocycles. The third-order valence-electron chi connectivity index (χ3n) is 4.20. The van der Waals surface area contributed by atoms with Crippen LogP contribution in [0.15, 0.2) is 46.8 Å². The molecule has 1 fully saturated rings. The number of hydrogen-bond acceptors (Lipinski definition) is 4. The molecule has 0 unspecified atom stereocenters. The van der Waals surface area contributed by atoms with Crippen molar-refractivity contribution in [1.82, 2.24) is 15.5 Å². The highest BCUT2D eigenvalue weighted by molar-refractivity contribution is 7.09. The zero-order valence-corrected chi connectivity index (χ0v) is 15.5. The van der Waals surface area contributed by atoms with Gasteiger partial charge in [-0.25, -0.2) is 0 Å². The molecule has 0 aliphatic carbocycles. The van der Waals surface area contributed by atoms with Crippen LogP contribution in [0, 0.1) is 0 Å². The number of hydrogen-bond donors (Lipinski definition) is 2. The van der Waals surface area contributed by atoms with Gasteiger partial charge in [-0.05, 0) is 22.6 Å². The topological polar surface area (TPSA) is 48.9 Å². The Morgan fingerprint density at radius 2 is 1.92 bits per heavy atom. The van der Waals surface area contributed by atoms with Crippen molar-refractivity contribution >= 4 is 17.3 Å². The second-order valence-electron chi connectivity index (χ2n) is 6.07. The minimum Gasteiger partial charge on any atom is -0.379 e. The lowest BCUT2D eigenvalue weighted by molar-refractivity contribution is 0.0342. The zero-order valence-electron chi connectivity index (χ0n) is 14.7. The van der Waals surface area contributed by atoms with Crippen molar-refractivity contribution in [1.29, 1.82) is 0 Å². The fraction of sp³-hybridized carbons (Fsp3) is 0.421. The van der Waals surface area contributed by atoms with Crippen LogP contribution in [0.1, 0.15) is 16.0 Å². The van der Waals surface area contributed by atoms with E-state index < -0.39 is 0 Å². The number of benzene rings is 1. The van der Waals surface area contributed by atoms with Gasteiger partial charge in [0.05, 0.1) is 19.8 Å². The van der Waals surface area contributed by atoms with E-state index in [4.69, 9.17) is 4.74 Å². The van der Waals surface area contributed by atoms with Crippen LogP contribution in [0.2, 0.25) is 0 Å². The lowest BCUT2D eigenvalue weighted by Gasteiger charge is -2.26. The van der Waals surface area contributed by atoms with E-state index in [9.17, 15) is 0 Å². The first kappa shape index (κ1) is 17.9. The molecule has 0 saturated carbocycles. The highest BCUT2D eigenvalue weighted by Crippen LogP contribution is 2.10. The molecule has 0 amide bonds. The van der Waals surface area contributed by atoms with E-state index in [0.717, 1.165) is 51.9 Å². The number of nitrogens with zero attached hydrogens (tertiary/aromatic N) is 2. The van der Waals surface area contributed by atoms with Gasteiger partial charge in [-0.2, -0.15) is 0 Å². The molecule has 0 bridgehead atoms. The molecule has 6 heteroatoms. The standard InChI is InChI=1S/C19H26N4OS/c1-20-19(22-14-18-6-3-11-25-18)21-13-16-4-2-5-17(12-16)15-23-7-9-24-10-8-23/h2-6,11-12H,7-10,13-15H2,1H3,(H2,20,21,22). The summed E-state index contributed by atoms with van der Waals surface area (Å²) in [5.74, 6) is 0.826. The second-order valence-corrected chi connectivity index (χ2v) is 7.10. The number of guanidine groups is 1. The van der Waals surface area contributed by atoms with E-state index >= 15 is 0 Å². The minimum atomic E-state index is 0.765. The third-order valence-corrected chi connectivity index (χ3v) is 5.07. The van der Waals surface area contributed by atoms with E-state index in [0.29, 0.717) is 0 Å². The van der Waals surface area contributed by atoms with Gasteiger partial charge in [0.25, 0.3) is 0 Å². The molecule has 1 aliphatic rings. The fourth-order valence-corrected chi connectivity index (χ4v) is 3.49. The summed E-state index contributed by atoms with van der Waals surface area (Å²) in [4.78, 5) is 8.04. The maximum absolute atomic E-state index is 5.42. The molecular weight excluding hydrogens is 332 g/mol. The highest BCUT2D eigenvalue weighted by atomic mass is 32.1. The van der Waals surface area contributed by atoms with E-state index in [-0.39, 0.29) is 0 Å². The molecule has 3 rings (SSSR count). The van der Waals surface area contributed by atoms with Gasteiger partial charge in [-0.3, -0.25) is 9.89 Å². The van der Waals surface area contributed by atoms with Crippen molar-refractivity contribution in [3.05, 3.63) is 57.8 Å². The van der Waals surface area contributed by atoms with Crippen LogP contribution in [0.25, 0.3) is 0 Å². The molecule has 5 nitrogen and oxygen atoms in total. The molecular formula is C19H26N4OS. The van der Waals surface area contributed by atoms with Gasteiger partial charge in [0, 0.05) is 38.1 Å². The number of morpholine rings is 1. The average molecular weight is 359 g/mol. The summed E-state index contributed by atoms with van der Waals surface area (Å²) in [6.45, 7) is 6.27. The molecule has 0 atom stereocenters. The summed E-state index contributed by atoms with van der Waals surface area (Å²) >= 11 is 1.75. The molecule has 2 aromatic rings. The normalized spacial score (nSPS) is 16.0. The Morgan fingerprint density at radius 1 is 1.12 bits per heavy atom. The van der Waals surface area contributed by atoms with Crippen LogP contribution in [0.3, 0.4) is 0 Å². The molecule has 134 valence electrons. The van der Waals surface area contributed by atoms with Gasteiger partial charge in [-0.15, -0.1) is 11.3 Å². The summed E-state index contributed by atoms with van der Waals surface area (Å²) in [5.41, 5.74) is 2.62. The first-order valence-electron chi connectivity index (χ1n) is 8.68. The molecule has 1 aliphatic heterocycles. The van der Waals surface area contributed by atoms with Gasteiger partial charge in [0.1, 0.15) is 0 Å². The van der Waals surface area contributed by atoms with E-state index in [1.54, 1.807) is 18.4 Å². The lowest BCUT2D eigenvalue weighted by atomic mass is 10.1. The molecule has 25 heavy (non-hydrogen) atoms. The van der Waals surface area contributed by atoms with E-state index in [2.05, 4.69) is 62.3 Å². The molecule has 1 aromatic carbocycles. The average Bonchev–Trinajstić information content (AvgIpc) is 3.17. The molecule has 1 aromatic heterocycles. The Morgan fingerprint density at radius 3 is 2.68 bits per heavy atom. The molecule has 0 spiro atoms. The molecule has 1 saturated heterocycles. The maximum Gasteiger partial charge on any atom is 0.191 e. The fourth-order valence-electron chi connectivity index (χ4n) is 2.85. The maximum atomic E-state index is 5.42. The Balaban J connectivity index is 1.48. The van der Waals surface area contributed by atoms with Crippen LogP contribution in [-0.2, 0) is 24.4 Å². The molecule has 0 radical (unpaired) electrons. The van der Waals surface area contributed by atoms with Crippen LogP contribution in [0.5, 0.6) is 0 Å². The number of ether oxygens (including phenoxy) is 1. The Hall–Kier alpha value is -1.89. The van der Waals surface area contributed by atoms with Crippen LogP contribution in [-0.4, -0.2) is 44.2 Å². The van der Waals surface area contributed by atoms with Crippen molar-refractivity contribution in [3.8, 4) is 0 Å². The van der Waals surface area contributed by atoms with Crippen LogP contribution < -0.4 is 10.6 Å². The van der Waals surface area contributed by atoms with Crippen molar-refractivity contribution in [3.63, 3.8) is 0 Å². The summed E-state index contributed by atoms with van der Waals surface area (Å²) in [5, 5.41) is 8.83. The first-order chi connectivity index (χ1) is 12.3. The summed E-state index contributed by atoms with van der Waals surface area (Å²) in [6, 6.07) is 13.0. The summed E-state index contributed by atoms with van der Waals surface area (Å²) < 4.78 is 5.42. The van der Waals surface area contributed by atoms with Crippen molar-refractivity contribution in [2.75, 3.05) is 33.4 Å². The minimum absolute atomic E-state index is 0.765. The van der Waals surface area contributed by atoms with E-state index in [1.807, 2.05) is 0 Å². The smallest absolute Gasteiger partial charge is 0.191 e. The SMILES string of the molecule is CN=C(NCc1cccc(CN2CCOCC2)c1)NCc1cccs1. The quantitative estimate of drug-likeness (QED) is 0.615. The van der Waals surface area contributed by atoms with Gasteiger partial charge in [-0.1, -0.05) is 30.3 Å². The van der Waals surface area contributed by atoms with Gasteiger partial charge >= 0.3 is 0 Å².